The number of anilines is 1. The van der Waals surface area contributed by atoms with Gasteiger partial charge in [-0.25, -0.2) is 21.1 Å². The standard InChI is InChI=1S/C24H26ClN3O6S2/c1-27(2)35(30,31)23-13-11-21(12-14-23)34-16-15-26-24(29)18-28(20-8-6-7-19(25)17-20)36(32,33)22-9-4-3-5-10-22/h3-14,17H,15-16,18H2,1-2H3,(H,26,29). The van der Waals surface area contributed by atoms with E-state index >= 15 is 0 Å². The summed E-state index contributed by atoms with van der Waals surface area (Å²) in [5.41, 5.74) is 0.255. The van der Waals surface area contributed by atoms with Crippen molar-refractivity contribution in [2.75, 3.05) is 38.1 Å². The van der Waals surface area contributed by atoms with Gasteiger partial charge in [0.05, 0.1) is 22.0 Å². The van der Waals surface area contributed by atoms with E-state index < -0.39 is 32.5 Å². The van der Waals surface area contributed by atoms with Crippen LogP contribution in [-0.4, -0.2) is 60.8 Å². The lowest BCUT2D eigenvalue weighted by molar-refractivity contribution is -0.119. The molecule has 0 atom stereocenters. The summed E-state index contributed by atoms with van der Waals surface area (Å²) >= 11 is 6.06. The highest BCUT2D eigenvalue weighted by molar-refractivity contribution is 7.92. The molecule has 0 spiro atoms. The predicted octanol–water partition coefficient (Wildman–Crippen LogP) is 2.98. The summed E-state index contributed by atoms with van der Waals surface area (Å²) in [6, 6.07) is 19.9. The number of benzene rings is 3. The van der Waals surface area contributed by atoms with Crippen molar-refractivity contribution >= 4 is 43.2 Å². The van der Waals surface area contributed by atoms with Gasteiger partial charge in [-0.1, -0.05) is 35.9 Å². The molecule has 0 aliphatic heterocycles. The van der Waals surface area contributed by atoms with Crippen LogP contribution in [0, 0.1) is 0 Å². The monoisotopic (exact) mass is 551 g/mol. The first kappa shape index (κ1) is 27.5. The molecule has 1 N–H and O–H groups in total. The Hall–Kier alpha value is -3.12. The van der Waals surface area contributed by atoms with Crippen molar-refractivity contribution in [2.45, 2.75) is 9.79 Å². The van der Waals surface area contributed by atoms with E-state index in [0.29, 0.717) is 10.8 Å². The van der Waals surface area contributed by atoms with Crippen LogP contribution in [0.1, 0.15) is 0 Å². The molecule has 3 rings (SSSR count). The SMILES string of the molecule is CN(C)S(=O)(=O)c1ccc(OCCNC(=O)CN(c2cccc(Cl)c2)S(=O)(=O)c2ccccc2)cc1. The lowest BCUT2D eigenvalue weighted by atomic mass is 10.3. The molecule has 1 amide bonds. The molecule has 0 saturated carbocycles. The number of ether oxygens (including phenoxy) is 1. The first-order valence-corrected chi connectivity index (χ1v) is 14.0. The molecule has 0 aliphatic carbocycles. The zero-order valence-corrected chi connectivity index (χ0v) is 22.1. The summed E-state index contributed by atoms with van der Waals surface area (Å²) < 4.78 is 58.5. The molecular formula is C24H26ClN3O6S2. The molecule has 9 nitrogen and oxygen atoms in total. The van der Waals surface area contributed by atoms with Gasteiger partial charge < -0.3 is 10.1 Å². The van der Waals surface area contributed by atoms with E-state index in [1.54, 1.807) is 36.4 Å². The molecule has 0 fully saturated rings. The number of nitrogens with zero attached hydrogens (tertiary/aromatic N) is 2. The van der Waals surface area contributed by atoms with Gasteiger partial charge in [-0.05, 0) is 54.6 Å². The Morgan fingerprint density at radius 3 is 2.11 bits per heavy atom. The Kier molecular flexibility index (Phi) is 8.96. The highest BCUT2D eigenvalue weighted by Crippen LogP contribution is 2.26. The Balaban J connectivity index is 1.63. The molecule has 36 heavy (non-hydrogen) atoms. The second-order valence-electron chi connectivity index (χ2n) is 7.76. The molecular weight excluding hydrogens is 526 g/mol. The van der Waals surface area contributed by atoms with Gasteiger partial charge in [0.1, 0.15) is 18.9 Å². The van der Waals surface area contributed by atoms with Gasteiger partial charge in [-0.15, -0.1) is 0 Å². The third kappa shape index (κ3) is 6.76. The number of carbonyl (C=O) groups excluding carboxylic acids is 1. The Labute approximate surface area is 216 Å². The van der Waals surface area contributed by atoms with Crippen molar-refractivity contribution in [1.29, 1.82) is 0 Å². The zero-order chi connectivity index (χ0) is 26.3. The molecule has 0 aliphatic rings. The van der Waals surface area contributed by atoms with Crippen LogP contribution in [0.5, 0.6) is 5.75 Å². The molecule has 0 unspecified atom stereocenters. The molecule has 0 aromatic heterocycles. The van der Waals surface area contributed by atoms with Gasteiger partial charge in [-0.3, -0.25) is 9.10 Å². The largest absolute Gasteiger partial charge is 0.492 e. The first-order valence-electron chi connectivity index (χ1n) is 10.8. The van der Waals surface area contributed by atoms with Gasteiger partial charge in [0.2, 0.25) is 15.9 Å². The van der Waals surface area contributed by atoms with Crippen molar-refractivity contribution in [3.8, 4) is 5.75 Å². The quantitative estimate of drug-likeness (QED) is 0.367. The van der Waals surface area contributed by atoms with Gasteiger partial charge in [-0.2, -0.15) is 0 Å². The van der Waals surface area contributed by atoms with Crippen molar-refractivity contribution in [1.82, 2.24) is 9.62 Å². The fourth-order valence-electron chi connectivity index (χ4n) is 3.13. The lowest BCUT2D eigenvalue weighted by Crippen LogP contribution is -2.41. The molecule has 0 saturated heterocycles. The smallest absolute Gasteiger partial charge is 0.264 e. The van der Waals surface area contributed by atoms with E-state index in [-0.39, 0.29) is 28.6 Å². The normalized spacial score (nSPS) is 11.8. The second-order valence-corrected chi connectivity index (χ2v) is 12.2. The number of amides is 1. The summed E-state index contributed by atoms with van der Waals surface area (Å²) in [4.78, 5) is 12.8. The minimum Gasteiger partial charge on any atom is -0.492 e. The number of hydrogen-bond donors (Lipinski definition) is 1. The topological polar surface area (TPSA) is 113 Å². The fraction of sp³-hybridized carbons (Fsp3) is 0.208. The minimum atomic E-state index is -4.03. The van der Waals surface area contributed by atoms with Crippen LogP contribution in [0.2, 0.25) is 5.02 Å². The Morgan fingerprint density at radius 2 is 1.50 bits per heavy atom. The predicted molar refractivity (Wildman–Crippen MR) is 138 cm³/mol. The molecule has 0 heterocycles. The molecule has 0 bridgehead atoms. The maximum atomic E-state index is 13.3. The second kappa shape index (κ2) is 11.7. The molecule has 0 radical (unpaired) electrons. The third-order valence-corrected chi connectivity index (χ3v) is 8.86. The number of rotatable bonds is 11. The summed E-state index contributed by atoms with van der Waals surface area (Å²) in [6.45, 7) is -0.270. The average Bonchev–Trinajstić information content (AvgIpc) is 2.86. The first-order chi connectivity index (χ1) is 17.0. The number of carbonyl (C=O) groups is 1. The van der Waals surface area contributed by atoms with Crippen LogP contribution >= 0.6 is 11.6 Å². The summed E-state index contributed by atoms with van der Waals surface area (Å²) in [5, 5.41) is 2.97. The summed E-state index contributed by atoms with van der Waals surface area (Å²) in [7, 11) is -4.68. The molecule has 3 aromatic rings. The van der Waals surface area contributed by atoms with Gasteiger partial charge in [0, 0.05) is 19.1 Å². The summed E-state index contributed by atoms with van der Waals surface area (Å²) in [5.74, 6) is -0.111. The van der Waals surface area contributed by atoms with Crippen molar-refractivity contribution in [3.05, 3.63) is 83.9 Å². The number of hydrogen-bond acceptors (Lipinski definition) is 6. The van der Waals surface area contributed by atoms with Crippen molar-refractivity contribution < 1.29 is 26.4 Å². The third-order valence-electron chi connectivity index (χ3n) is 5.01. The Bertz CT molecular complexity index is 1400. The van der Waals surface area contributed by atoms with Gasteiger partial charge >= 0.3 is 0 Å². The van der Waals surface area contributed by atoms with Crippen LogP contribution in [-0.2, 0) is 24.8 Å². The van der Waals surface area contributed by atoms with E-state index in [1.807, 2.05) is 0 Å². The van der Waals surface area contributed by atoms with E-state index in [9.17, 15) is 21.6 Å². The maximum Gasteiger partial charge on any atom is 0.264 e. The maximum absolute atomic E-state index is 13.3. The molecule has 12 heteroatoms. The number of nitrogens with one attached hydrogen (secondary N) is 1. The van der Waals surface area contributed by atoms with Crippen LogP contribution < -0.4 is 14.4 Å². The molecule has 3 aromatic carbocycles. The van der Waals surface area contributed by atoms with Crippen molar-refractivity contribution in [3.63, 3.8) is 0 Å². The number of sulfonamides is 2. The summed E-state index contributed by atoms with van der Waals surface area (Å²) in [6.07, 6.45) is 0. The van der Waals surface area contributed by atoms with Crippen LogP contribution in [0.3, 0.4) is 0 Å². The average molecular weight is 552 g/mol. The van der Waals surface area contributed by atoms with E-state index in [2.05, 4.69) is 5.32 Å². The van der Waals surface area contributed by atoms with Crippen LogP contribution in [0.25, 0.3) is 0 Å². The Morgan fingerprint density at radius 1 is 0.861 bits per heavy atom. The minimum absolute atomic E-state index is 0.0424. The zero-order valence-electron chi connectivity index (χ0n) is 19.7. The van der Waals surface area contributed by atoms with Crippen molar-refractivity contribution in [2.24, 2.45) is 0 Å². The van der Waals surface area contributed by atoms with Gasteiger partial charge in [0.15, 0.2) is 0 Å². The molecule has 192 valence electrons. The van der Waals surface area contributed by atoms with Crippen LogP contribution in [0.15, 0.2) is 88.7 Å². The van der Waals surface area contributed by atoms with Gasteiger partial charge in [0.25, 0.3) is 10.0 Å². The highest BCUT2D eigenvalue weighted by atomic mass is 35.5. The lowest BCUT2D eigenvalue weighted by Gasteiger charge is -2.24. The number of halogens is 1. The van der Waals surface area contributed by atoms with E-state index in [0.717, 1.165) is 8.61 Å². The van der Waals surface area contributed by atoms with E-state index in [4.69, 9.17) is 16.3 Å². The van der Waals surface area contributed by atoms with E-state index in [1.165, 1.54) is 56.6 Å². The highest BCUT2D eigenvalue weighted by Gasteiger charge is 2.27. The van der Waals surface area contributed by atoms with Crippen LogP contribution in [0.4, 0.5) is 5.69 Å². The fourth-order valence-corrected chi connectivity index (χ4v) is 5.65.